The SMILES string of the molecule is CC(C)N(CCNC1CCOc2ccc(Br)cc21)C(C)C. The van der Waals surface area contributed by atoms with Crippen LogP contribution in [0.4, 0.5) is 0 Å². The summed E-state index contributed by atoms with van der Waals surface area (Å²) in [4.78, 5) is 2.52. The Hall–Kier alpha value is -0.580. The van der Waals surface area contributed by atoms with Crippen molar-refractivity contribution in [1.82, 2.24) is 10.2 Å². The van der Waals surface area contributed by atoms with Crippen LogP contribution in [-0.4, -0.2) is 36.7 Å². The van der Waals surface area contributed by atoms with Gasteiger partial charge in [-0.05, 0) is 45.9 Å². The molecule has 0 radical (unpaired) electrons. The molecule has 1 unspecified atom stereocenters. The van der Waals surface area contributed by atoms with Gasteiger partial charge in [0.15, 0.2) is 0 Å². The Morgan fingerprint density at radius 1 is 1.29 bits per heavy atom. The summed E-state index contributed by atoms with van der Waals surface area (Å²) >= 11 is 3.56. The van der Waals surface area contributed by atoms with Crippen molar-refractivity contribution in [2.24, 2.45) is 0 Å². The van der Waals surface area contributed by atoms with Gasteiger partial charge in [-0.3, -0.25) is 4.90 Å². The van der Waals surface area contributed by atoms with E-state index < -0.39 is 0 Å². The highest BCUT2D eigenvalue weighted by Gasteiger charge is 2.21. The summed E-state index contributed by atoms with van der Waals surface area (Å²) < 4.78 is 6.86. The number of fused-ring (bicyclic) bond motifs is 1. The fraction of sp³-hybridized carbons (Fsp3) is 0.647. The van der Waals surface area contributed by atoms with E-state index in [0.717, 1.165) is 36.3 Å². The zero-order chi connectivity index (χ0) is 15.4. The highest BCUT2D eigenvalue weighted by molar-refractivity contribution is 9.10. The molecule has 1 heterocycles. The second kappa shape index (κ2) is 7.61. The lowest BCUT2D eigenvalue weighted by Crippen LogP contribution is -2.42. The third-order valence-electron chi connectivity index (χ3n) is 4.10. The van der Waals surface area contributed by atoms with E-state index in [1.54, 1.807) is 0 Å². The van der Waals surface area contributed by atoms with Crippen LogP contribution in [0.5, 0.6) is 5.75 Å². The van der Waals surface area contributed by atoms with E-state index in [1.807, 2.05) is 6.07 Å². The van der Waals surface area contributed by atoms with Gasteiger partial charge < -0.3 is 10.1 Å². The predicted octanol–water partition coefficient (Wildman–Crippen LogP) is 3.98. The minimum atomic E-state index is 0.396. The molecule has 0 amide bonds. The molecule has 0 fully saturated rings. The van der Waals surface area contributed by atoms with Gasteiger partial charge in [-0.1, -0.05) is 15.9 Å². The molecule has 0 aliphatic carbocycles. The van der Waals surface area contributed by atoms with Gasteiger partial charge >= 0.3 is 0 Å². The van der Waals surface area contributed by atoms with E-state index in [9.17, 15) is 0 Å². The van der Waals surface area contributed by atoms with Crippen LogP contribution in [0.2, 0.25) is 0 Å². The zero-order valence-corrected chi connectivity index (χ0v) is 15.1. The van der Waals surface area contributed by atoms with Crippen molar-refractivity contribution in [1.29, 1.82) is 0 Å². The fourth-order valence-electron chi connectivity index (χ4n) is 3.06. The molecule has 0 spiro atoms. The monoisotopic (exact) mass is 354 g/mol. The predicted molar refractivity (Wildman–Crippen MR) is 92.0 cm³/mol. The molecule has 0 saturated heterocycles. The summed E-state index contributed by atoms with van der Waals surface area (Å²) in [5.74, 6) is 1.02. The van der Waals surface area contributed by atoms with Crippen molar-refractivity contribution in [2.75, 3.05) is 19.7 Å². The van der Waals surface area contributed by atoms with Gasteiger partial charge in [0.05, 0.1) is 6.61 Å². The molecule has 1 aliphatic heterocycles. The van der Waals surface area contributed by atoms with Gasteiger partial charge in [0, 0.05) is 47.7 Å². The molecule has 21 heavy (non-hydrogen) atoms. The topological polar surface area (TPSA) is 24.5 Å². The second-order valence-corrected chi connectivity index (χ2v) is 7.17. The van der Waals surface area contributed by atoms with E-state index in [4.69, 9.17) is 4.74 Å². The van der Waals surface area contributed by atoms with Crippen LogP contribution in [-0.2, 0) is 0 Å². The number of halogens is 1. The third-order valence-corrected chi connectivity index (χ3v) is 4.59. The first-order chi connectivity index (χ1) is 9.99. The standard InChI is InChI=1S/C17H27BrN2O/c1-12(2)20(13(3)4)9-8-19-16-7-10-21-17-6-5-14(18)11-15(16)17/h5-6,11-13,16,19H,7-10H2,1-4H3. The van der Waals surface area contributed by atoms with Gasteiger partial charge in [0.25, 0.3) is 0 Å². The normalized spacial score (nSPS) is 18.2. The summed E-state index contributed by atoms with van der Waals surface area (Å²) in [6, 6.07) is 7.84. The summed E-state index contributed by atoms with van der Waals surface area (Å²) in [6.45, 7) is 11.9. The number of nitrogens with one attached hydrogen (secondary N) is 1. The van der Waals surface area contributed by atoms with Crippen LogP contribution in [0.25, 0.3) is 0 Å². The summed E-state index contributed by atoms with van der Waals surface area (Å²) in [5, 5.41) is 3.70. The van der Waals surface area contributed by atoms with Crippen LogP contribution in [0.1, 0.15) is 45.7 Å². The largest absolute Gasteiger partial charge is 0.493 e. The van der Waals surface area contributed by atoms with Gasteiger partial charge in [0.1, 0.15) is 5.75 Å². The highest BCUT2D eigenvalue weighted by Crippen LogP contribution is 2.33. The van der Waals surface area contributed by atoms with Crippen LogP contribution < -0.4 is 10.1 Å². The van der Waals surface area contributed by atoms with Crippen molar-refractivity contribution in [3.8, 4) is 5.75 Å². The Morgan fingerprint density at radius 3 is 2.67 bits per heavy atom. The van der Waals surface area contributed by atoms with Crippen LogP contribution >= 0.6 is 15.9 Å². The Labute approximate surface area is 137 Å². The minimum absolute atomic E-state index is 0.396. The van der Waals surface area contributed by atoms with E-state index >= 15 is 0 Å². The quantitative estimate of drug-likeness (QED) is 0.835. The van der Waals surface area contributed by atoms with Crippen LogP contribution in [0.3, 0.4) is 0 Å². The Balaban J connectivity index is 1.94. The summed E-state index contributed by atoms with van der Waals surface area (Å²) in [5.41, 5.74) is 1.27. The van der Waals surface area contributed by atoms with E-state index in [1.165, 1.54) is 5.56 Å². The molecule has 2 rings (SSSR count). The maximum absolute atomic E-state index is 5.74. The molecule has 0 aromatic heterocycles. The number of hydrogen-bond acceptors (Lipinski definition) is 3. The Kier molecular flexibility index (Phi) is 6.08. The average Bonchev–Trinajstić information content (AvgIpc) is 2.42. The number of rotatable bonds is 6. The molecule has 1 aromatic rings. The van der Waals surface area contributed by atoms with Gasteiger partial charge in [-0.15, -0.1) is 0 Å². The molecule has 0 saturated carbocycles. The molecule has 1 aromatic carbocycles. The van der Waals surface area contributed by atoms with E-state index in [-0.39, 0.29) is 0 Å². The molecule has 1 N–H and O–H groups in total. The molecule has 118 valence electrons. The van der Waals surface area contributed by atoms with Crippen LogP contribution in [0.15, 0.2) is 22.7 Å². The Bertz CT molecular complexity index is 454. The first kappa shape index (κ1) is 16.8. The average molecular weight is 355 g/mol. The minimum Gasteiger partial charge on any atom is -0.493 e. The number of benzene rings is 1. The number of ether oxygens (including phenoxy) is 1. The van der Waals surface area contributed by atoms with Crippen molar-refractivity contribution in [3.63, 3.8) is 0 Å². The lowest BCUT2D eigenvalue weighted by atomic mass is 10.0. The fourth-order valence-corrected chi connectivity index (χ4v) is 3.44. The van der Waals surface area contributed by atoms with Gasteiger partial charge in [0.2, 0.25) is 0 Å². The van der Waals surface area contributed by atoms with Crippen molar-refractivity contribution < 1.29 is 4.74 Å². The summed E-state index contributed by atoms with van der Waals surface area (Å²) in [6.07, 6.45) is 1.03. The maximum Gasteiger partial charge on any atom is 0.124 e. The zero-order valence-electron chi connectivity index (χ0n) is 13.5. The maximum atomic E-state index is 5.74. The number of nitrogens with zero attached hydrogens (tertiary/aromatic N) is 1. The molecule has 4 heteroatoms. The third kappa shape index (κ3) is 4.44. The van der Waals surface area contributed by atoms with Crippen molar-refractivity contribution in [2.45, 2.75) is 52.2 Å². The van der Waals surface area contributed by atoms with Gasteiger partial charge in [-0.25, -0.2) is 0 Å². The Morgan fingerprint density at radius 2 is 2.00 bits per heavy atom. The van der Waals surface area contributed by atoms with Crippen molar-refractivity contribution >= 4 is 15.9 Å². The van der Waals surface area contributed by atoms with E-state index in [2.05, 4.69) is 66.0 Å². The molecule has 1 atom stereocenters. The van der Waals surface area contributed by atoms with E-state index in [0.29, 0.717) is 18.1 Å². The molecular formula is C17H27BrN2O. The highest BCUT2D eigenvalue weighted by atomic mass is 79.9. The molecule has 3 nitrogen and oxygen atoms in total. The molecular weight excluding hydrogens is 328 g/mol. The summed E-state index contributed by atoms with van der Waals surface area (Å²) in [7, 11) is 0. The molecule has 0 bridgehead atoms. The first-order valence-electron chi connectivity index (χ1n) is 7.90. The first-order valence-corrected chi connectivity index (χ1v) is 8.69. The van der Waals surface area contributed by atoms with Gasteiger partial charge in [-0.2, -0.15) is 0 Å². The number of hydrogen-bond donors (Lipinski definition) is 1. The smallest absolute Gasteiger partial charge is 0.124 e. The van der Waals surface area contributed by atoms with Crippen LogP contribution in [0, 0.1) is 0 Å². The lowest BCUT2D eigenvalue weighted by Gasteiger charge is -2.32. The van der Waals surface area contributed by atoms with Crippen molar-refractivity contribution in [3.05, 3.63) is 28.2 Å². The molecule has 1 aliphatic rings. The second-order valence-electron chi connectivity index (χ2n) is 6.25. The lowest BCUT2D eigenvalue weighted by molar-refractivity contribution is 0.170.